The van der Waals surface area contributed by atoms with Crippen molar-refractivity contribution in [3.63, 3.8) is 0 Å². The summed E-state index contributed by atoms with van der Waals surface area (Å²) in [6.07, 6.45) is 1.76. The Balaban J connectivity index is 2.19. The number of nitrogens with zero attached hydrogens (tertiary/aromatic N) is 2. The van der Waals surface area contributed by atoms with Gasteiger partial charge in [0.1, 0.15) is 0 Å². The van der Waals surface area contributed by atoms with Gasteiger partial charge >= 0.3 is 5.97 Å². The molecular weight excluding hydrogens is 309 g/mol. The molecular formula is C15H21ClFN3O2. The summed E-state index contributed by atoms with van der Waals surface area (Å²) in [5, 5.41) is 2.92. The number of anilines is 1. The Morgan fingerprint density at radius 3 is 2.64 bits per heavy atom. The van der Waals surface area contributed by atoms with E-state index in [1.165, 1.54) is 0 Å². The number of esters is 1. The molecule has 0 aliphatic heterocycles. The van der Waals surface area contributed by atoms with Gasteiger partial charge in [0.2, 0.25) is 5.28 Å². The average molecular weight is 330 g/mol. The number of halogens is 2. The summed E-state index contributed by atoms with van der Waals surface area (Å²) >= 11 is 5.91. The van der Waals surface area contributed by atoms with Crippen LogP contribution in [0.4, 0.5) is 10.2 Å². The summed E-state index contributed by atoms with van der Waals surface area (Å²) in [5.74, 6) is -1.23. The van der Waals surface area contributed by atoms with E-state index >= 15 is 0 Å². The third kappa shape index (κ3) is 3.48. The topological polar surface area (TPSA) is 64.1 Å². The summed E-state index contributed by atoms with van der Waals surface area (Å²) in [4.78, 5) is 19.7. The third-order valence-electron chi connectivity index (χ3n) is 4.17. The second-order valence-electron chi connectivity index (χ2n) is 6.04. The van der Waals surface area contributed by atoms with Gasteiger partial charge in [0.15, 0.2) is 11.6 Å². The van der Waals surface area contributed by atoms with Gasteiger partial charge in [0.25, 0.3) is 0 Å². The minimum absolute atomic E-state index is 0.00279. The van der Waals surface area contributed by atoms with Gasteiger partial charge in [-0.2, -0.15) is 4.98 Å². The lowest BCUT2D eigenvalue weighted by Gasteiger charge is -2.21. The molecule has 0 saturated heterocycles. The first-order chi connectivity index (χ1) is 10.3. The molecule has 0 radical (unpaired) electrons. The average Bonchev–Trinajstić information content (AvgIpc) is 3.20. The first-order valence-corrected chi connectivity index (χ1v) is 7.83. The van der Waals surface area contributed by atoms with E-state index in [1.807, 2.05) is 6.92 Å². The minimum atomic E-state index is -0.493. The fourth-order valence-electron chi connectivity index (χ4n) is 2.16. The van der Waals surface area contributed by atoms with E-state index in [2.05, 4.69) is 15.3 Å². The summed E-state index contributed by atoms with van der Waals surface area (Å²) in [5.41, 5.74) is 0.0781. The number of hydrogen-bond acceptors (Lipinski definition) is 5. The molecule has 1 saturated carbocycles. The highest BCUT2D eigenvalue weighted by molar-refractivity contribution is 6.28. The zero-order valence-electron chi connectivity index (χ0n) is 13.2. The summed E-state index contributed by atoms with van der Waals surface area (Å²) < 4.78 is 19.6. The third-order valence-corrected chi connectivity index (χ3v) is 4.34. The molecule has 1 fully saturated rings. The molecule has 122 valence electrons. The molecule has 2 atom stereocenters. The van der Waals surface area contributed by atoms with Crippen LogP contribution in [0.2, 0.25) is 5.28 Å². The fraction of sp³-hybridized carbons (Fsp3) is 0.667. The number of rotatable bonds is 6. The number of carbonyl (C=O) groups is 1. The van der Waals surface area contributed by atoms with Crippen LogP contribution in [0.1, 0.15) is 46.2 Å². The van der Waals surface area contributed by atoms with Crippen molar-refractivity contribution < 1.29 is 13.9 Å². The maximum absolute atomic E-state index is 14.6. The Kier molecular flexibility index (Phi) is 4.90. The predicted molar refractivity (Wildman–Crippen MR) is 82.5 cm³/mol. The van der Waals surface area contributed by atoms with Gasteiger partial charge < -0.3 is 10.1 Å². The van der Waals surface area contributed by atoms with E-state index in [1.54, 1.807) is 20.8 Å². The Morgan fingerprint density at radius 2 is 2.09 bits per heavy atom. The molecule has 1 aromatic rings. The molecule has 1 aliphatic carbocycles. The van der Waals surface area contributed by atoms with Crippen LogP contribution >= 0.6 is 11.6 Å². The van der Waals surface area contributed by atoms with Crippen LogP contribution in [0.3, 0.4) is 0 Å². The highest BCUT2D eigenvalue weighted by Crippen LogP contribution is 2.48. The quantitative estimate of drug-likeness (QED) is 0.640. The minimum Gasteiger partial charge on any atom is -0.466 e. The molecule has 1 N–H and O–H groups in total. The van der Waals surface area contributed by atoms with Gasteiger partial charge in [-0.05, 0) is 45.2 Å². The van der Waals surface area contributed by atoms with Gasteiger partial charge in [-0.15, -0.1) is 0 Å². The monoisotopic (exact) mass is 329 g/mol. The van der Waals surface area contributed by atoms with E-state index in [9.17, 15) is 9.18 Å². The van der Waals surface area contributed by atoms with Crippen molar-refractivity contribution in [3.05, 3.63) is 16.8 Å². The SMILES string of the molecule is CCOC(=O)[C@@H](C)[C@H](C)Nc1nc(Cl)nc(C2(C)CC2)c1F. The molecule has 0 unspecified atom stereocenters. The molecule has 22 heavy (non-hydrogen) atoms. The molecule has 7 heteroatoms. The van der Waals surface area contributed by atoms with Crippen molar-refractivity contribution in [3.8, 4) is 0 Å². The lowest BCUT2D eigenvalue weighted by Crippen LogP contribution is -2.32. The van der Waals surface area contributed by atoms with Crippen LogP contribution in [0.5, 0.6) is 0 Å². The lowest BCUT2D eigenvalue weighted by atomic mass is 10.0. The number of hydrogen-bond donors (Lipinski definition) is 1. The van der Waals surface area contributed by atoms with E-state index in [-0.39, 0.29) is 28.5 Å². The van der Waals surface area contributed by atoms with Crippen LogP contribution in [0.15, 0.2) is 0 Å². The van der Waals surface area contributed by atoms with Crippen molar-refractivity contribution in [1.82, 2.24) is 9.97 Å². The maximum atomic E-state index is 14.6. The zero-order valence-corrected chi connectivity index (χ0v) is 14.0. The van der Waals surface area contributed by atoms with Crippen LogP contribution in [0, 0.1) is 11.7 Å². The molecule has 1 heterocycles. The molecule has 0 bridgehead atoms. The highest BCUT2D eigenvalue weighted by Gasteiger charge is 2.44. The summed E-state index contributed by atoms with van der Waals surface area (Å²) in [6.45, 7) is 7.50. The Bertz CT molecular complexity index is 578. The second kappa shape index (κ2) is 6.36. The molecule has 0 amide bonds. The van der Waals surface area contributed by atoms with Crippen LogP contribution < -0.4 is 5.32 Å². The maximum Gasteiger partial charge on any atom is 0.310 e. The first-order valence-electron chi connectivity index (χ1n) is 7.45. The smallest absolute Gasteiger partial charge is 0.310 e. The number of carbonyl (C=O) groups excluding carboxylic acids is 1. The molecule has 0 spiro atoms. The Hall–Kier alpha value is -1.43. The molecule has 1 aliphatic rings. The van der Waals surface area contributed by atoms with Crippen molar-refractivity contribution in [2.24, 2.45) is 5.92 Å². The predicted octanol–water partition coefficient (Wildman–Crippen LogP) is 3.32. The van der Waals surface area contributed by atoms with Gasteiger partial charge in [0, 0.05) is 11.5 Å². The summed E-state index contributed by atoms with van der Waals surface area (Å²) in [7, 11) is 0. The number of ether oxygens (including phenoxy) is 1. The fourth-order valence-corrected chi connectivity index (χ4v) is 2.33. The van der Waals surface area contributed by atoms with Crippen molar-refractivity contribution >= 4 is 23.4 Å². The van der Waals surface area contributed by atoms with E-state index < -0.39 is 11.7 Å². The standard InChI is InChI=1S/C15H21ClFN3O2/c1-5-22-13(21)8(2)9(3)18-12-10(17)11(15(4)6-7-15)19-14(16)20-12/h8-9H,5-7H2,1-4H3,(H,18,19,20)/t8-,9-/m0/s1. The van der Waals surface area contributed by atoms with Gasteiger partial charge in [-0.25, -0.2) is 9.37 Å². The van der Waals surface area contributed by atoms with Gasteiger partial charge in [-0.3, -0.25) is 4.79 Å². The Morgan fingerprint density at radius 1 is 1.45 bits per heavy atom. The Labute approximate surface area is 134 Å². The number of nitrogens with one attached hydrogen (secondary N) is 1. The summed E-state index contributed by atoms with van der Waals surface area (Å²) in [6, 6.07) is -0.348. The van der Waals surface area contributed by atoms with E-state index in [4.69, 9.17) is 16.3 Å². The van der Waals surface area contributed by atoms with Gasteiger partial charge in [0.05, 0.1) is 18.2 Å². The van der Waals surface area contributed by atoms with Gasteiger partial charge in [-0.1, -0.05) is 6.92 Å². The van der Waals surface area contributed by atoms with E-state index in [0.717, 1.165) is 12.8 Å². The van der Waals surface area contributed by atoms with Crippen LogP contribution in [-0.4, -0.2) is 28.6 Å². The van der Waals surface area contributed by atoms with Crippen molar-refractivity contribution in [2.45, 2.75) is 52.0 Å². The zero-order chi connectivity index (χ0) is 16.5. The molecule has 0 aromatic carbocycles. The van der Waals surface area contributed by atoms with Crippen molar-refractivity contribution in [2.75, 3.05) is 11.9 Å². The normalized spacial score (nSPS) is 18.5. The molecule has 2 rings (SSSR count). The largest absolute Gasteiger partial charge is 0.466 e. The first kappa shape index (κ1) is 16.9. The second-order valence-corrected chi connectivity index (χ2v) is 6.38. The van der Waals surface area contributed by atoms with Crippen LogP contribution in [0.25, 0.3) is 0 Å². The highest BCUT2D eigenvalue weighted by atomic mass is 35.5. The van der Waals surface area contributed by atoms with Crippen molar-refractivity contribution in [1.29, 1.82) is 0 Å². The molecule has 5 nitrogen and oxygen atoms in total. The number of aromatic nitrogens is 2. The molecule has 1 aromatic heterocycles. The van der Waals surface area contributed by atoms with Crippen LogP contribution in [-0.2, 0) is 14.9 Å². The van der Waals surface area contributed by atoms with E-state index in [0.29, 0.717) is 12.3 Å². The lowest BCUT2D eigenvalue weighted by molar-refractivity contribution is -0.147.